The lowest BCUT2D eigenvalue weighted by atomic mass is 10.1. The minimum Gasteiger partial charge on any atom is -0.493 e. The van der Waals surface area contributed by atoms with Gasteiger partial charge >= 0.3 is 5.97 Å². The number of para-hydroxylation sites is 1. The molecule has 0 aromatic heterocycles. The van der Waals surface area contributed by atoms with Crippen LogP contribution in [0.1, 0.15) is 11.1 Å². The highest BCUT2D eigenvalue weighted by molar-refractivity contribution is 8.19. The van der Waals surface area contributed by atoms with E-state index in [1.54, 1.807) is 36.4 Å². The molecule has 0 aliphatic carbocycles. The van der Waals surface area contributed by atoms with E-state index in [0.29, 0.717) is 17.0 Å². The van der Waals surface area contributed by atoms with Crippen molar-refractivity contribution in [1.82, 2.24) is 0 Å². The number of carbonyl (C=O) groups excluding carboxylic acids is 2. The summed E-state index contributed by atoms with van der Waals surface area (Å²) in [4.78, 5) is 37.3. The highest BCUT2D eigenvalue weighted by atomic mass is 32.2. The molecule has 0 spiro atoms. The quantitative estimate of drug-likeness (QED) is 0.740. The highest BCUT2D eigenvalue weighted by Gasteiger charge is 2.36. The standard InChI is InChI=1S/C20H17NO6S/c1-12-5-3-4-6-14(12)21-19(24)17(28-20(21)25)10-13-7-8-15(16(9-13)26-2)27-11-18(22)23/h3-10H,11H2,1-2H3,(H,22,23)/b17-10+. The molecule has 2 aromatic carbocycles. The first-order valence-corrected chi connectivity index (χ1v) is 9.08. The van der Waals surface area contributed by atoms with Gasteiger partial charge < -0.3 is 14.6 Å². The third-order valence-corrected chi connectivity index (χ3v) is 4.86. The first kappa shape index (κ1) is 19.5. The molecule has 2 aromatic rings. The van der Waals surface area contributed by atoms with E-state index in [9.17, 15) is 14.4 Å². The number of amides is 2. The number of hydrogen-bond acceptors (Lipinski definition) is 6. The number of hydrogen-bond donors (Lipinski definition) is 1. The number of aliphatic carboxylic acids is 1. The van der Waals surface area contributed by atoms with Gasteiger partial charge in [0.2, 0.25) is 0 Å². The fourth-order valence-corrected chi connectivity index (χ4v) is 3.51. The van der Waals surface area contributed by atoms with Crippen LogP contribution in [0.25, 0.3) is 6.08 Å². The van der Waals surface area contributed by atoms with Gasteiger partial charge in [0.25, 0.3) is 11.1 Å². The zero-order chi connectivity index (χ0) is 20.3. The Kier molecular flexibility index (Phi) is 5.70. The molecule has 28 heavy (non-hydrogen) atoms. The minimum atomic E-state index is -1.10. The molecule has 1 heterocycles. The summed E-state index contributed by atoms with van der Waals surface area (Å²) in [6.45, 7) is 1.34. The molecule has 0 bridgehead atoms. The van der Waals surface area contributed by atoms with Crippen LogP contribution in [0.3, 0.4) is 0 Å². The van der Waals surface area contributed by atoms with E-state index in [2.05, 4.69) is 0 Å². The molecule has 8 heteroatoms. The van der Waals surface area contributed by atoms with Gasteiger partial charge in [-0.3, -0.25) is 9.59 Å². The van der Waals surface area contributed by atoms with Gasteiger partial charge in [-0.2, -0.15) is 0 Å². The van der Waals surface area contributed by atoms with Crippen molar-refractivity contribution in [2.75, 3.05) is 18.6 Å². The lowest BCUT2D eigenvalue weighted by Gasteiger charge is -2.14. The maximum atomic E-state index is 12.8. The van der Waals surface area contributed by atoms with Gasteiger partial charge in [0, 0.05) is 0 Å². The number of carboxylic acids is 1. The summed E-state index contributed by atoms with van der Waals surface area (Å²) >= 11 is 0.861. The number of benzene rings is 2. The number of carbonyl (C=O) groups is 3. The molecular formula is C20H17NO6S. The predicted octanol–water partition coefficient (Wildman–Crippen LogP) is 3.71. The van der Waals surface area contributed by atoms with Gasteiger partial charge in [0.15, 0.2) is 18.1 Å². The van der Waals surface area contributed by atoms with Gasteiger partial charge in [-0.15, -0.1) is 0 Å². The molecule has 0 atom stereocenters. The number of rotatable bonds is 6. The molecule has 1 aliphatic heterocycles. The van der Waals surface area contributed by atoms with Crippen molar-refractivity contribution in [3.63, 3.8) is 0 Å². The number of imide groups is 1. The van der Waals surface area contributed by atoms with E-state index in [4.69, 9.17) is 14.6 Å². The third-order valence-electron chi connectivity index (χ3n) is 3.99. The maximum absolute atomic E-state index is 12.8. The highest BCUT2D eigenvalue weighted by Crippen LogP contribution is 2.37. The van der Waals surface area contributed by atoms with E-state index in [1.807, 2.05) is 19.1 Å². The van der Waals surface area contributed by atoms with E-state index in [0.717, 1.165) is 22.2 Å². The second-order valence-corrected chi connectivity index (χ2v) is 6.89. The lowest BCUT2D eigenvalue weighted by molar-refractivity contribution is -0.139. The molecule has 3 rings (SSSR count). The van der Waals surface area contributed by atoms with Gasteiger partial charge in [-0.05, 0) is 54.1 Å². The molecule has 1 fully saturated rings. The number of ether oxygens (including phenoxy) is 2. The molecule has 2 amide bonds. The van der Waals surface area contributed by atoms with Crippen molar-refractivity contribution in [1.29, 1.82) is 0 Å². The molecule has 1 aliphatic rings. The Hall–Kier alpha value is -3.26. The van der Waals surface area contributed by atoms with Crippen molar-refractivity contribution in [2.24, 2.45) is 0 Å². The smallest absolute Gasteiger partial charge is 0.341 e. The van der Waals surface area contributed by atoms with Crippen LogP contribution in [0, 0.1) is 6.92 Å². The second-order valence-electron chi connectivity index (χ2n) is 5.90. The Morgan fingerprint density at radius 1 is 1.18 bits per heavy atom. The van der Waals surface area contributed by atoms with Crippen LogP contribution in [-0.4, -0.2) is 35.9 Å². The Morgan fingerprint density at radius 3 is 2.61 bits per heavy atom. The monoisotopic (exact) mass is 399 g/mol. The zero-order valence-corrected chi connectivity index (χ0v) is 16.0. The summed E-state index contributed by atoms with van der Waals surface area (Å²) in [7, 11) is 1.43. The molecule has 0 saturated carbocycles. The summed E-state index contributed by atoms with van der Waals surface area (Å²) in [5, 5.41) is 8.36. The fraction of sp³-hybridized carbons (Fsp3) is 0.150. The fourth-order valence-electron chi connectivity index (χ4n) is 2.67. The Morgan fingerprint density at radius 2 is 1.93 bits per heavy atom. The first-order valence-electron chi connectivity index (χ1n) is 8.27. The van der Waals surface area contributed by atoms with E-state index < -0.39 is 18.5 Å². The largest absolute Gasteiger partial charge is 0.493 e. The molecule has 7 nitrogen and oxygen atoms in total. The van der Waals surface area contributed by atoms with Crippen LogP contribution in [-0.2, 0) is 9.59 Å². The second kappa shape index (κ2) is 8.18. The van der Waals surface area contributed by atoms with Crippen molar-refractivity contribution >= 4 is 40.6 Å². The van der Waals surface area contributed by atoms with Gasteiger partial charge in [-0.1, -0.05) is 24.3 Å². The SMILES string of the molecule is COc1cc(/C=C2/SC(=O)N(c3ccccc3C)C2=O)ccc1OCC(=O)O. The van der Waals surface area contributed by atoms with Crippen molar-refractivity contribution in [3.8, 4) is 11.5 Å². The molecule has 1 saturated heterocycles. The maximum Gasteiger partial charge on any atom is 0.341 e. The number of methoxy groups -OCH3 is 1. The van der Waals surface area contributed by atoms with Crippen LogP contribution in [0.4, 0.5) is 10.5 Å². The lowest BCUT2D eigenvalue weighted by Crippen LogP contribution is -2.28. The van der Waals surface area contributed by atoms with Crippen molar-refractivity contribution in [2.45, 2.75) is 6.92 Å². The average Bonchev–Trinajstić information content (AvgIpc) is 2.94. The zero-order valence-electron chi connectivity index (χ0n) is 15.2. The average molecular weight is 399 g/mol. The summed E-state index contributed by atoms with van der Waals surface area (Å²) < 4.78 is 10.4. The number of anilines is 1. The summed E-state index contributed by atoms with van der Waals surface area (Å²) in [6, 6.07) is 12.0. The first-order chi connectivity index (χ1) is 13.4. The molecule has 1 N–H and O–H groups in total. The van der Waals surface area contributed by atoms with E-state index in [-0.39, 0.29) is 15.9 Å². The number of thioether (sulfide) groups is 1. The summed E-state index contributed by atoms with van der Waals surface area (Å²) in [5.41, 5.74) is 2.01. The Labute approximate surface area is 165 Å². The van der Waals surface area contributed by atoms with Crippen LogP contribution < -0.4 is 14.4 Å². The van der Waals surface area contributed by atoms with Gasteiger partial charge in [0.05, 0.1) is 17.7 Å². The Bertz CT molecular complexity index is 984. The summed E-state index contributed by atoms with van der Waals surface area (Å²) in [5.74, 6) is -0.895. The molecule has 0 radical (unpaired) electrons. The van der Waals surface area contributed by atoms with E-state index >= 15 is 0 Å². The van der Waals surface area contributed by atoms with Gasteiger partial charge in [0.1, 0.15) is 0 Å². The molecular weight excluding hydrogens is 382 g/mol. The van der Waals surface area contributed by atoms with Crippen LogP contribution in [0.2, 0.25) is 0 Å². The number of nitrogens with zero attached hydrogens (tertiary/aromatic N) is 1. The molecule has 144 valence electrons. The van der Waals surface area contributed by atoms with Crippen LogP contribution in [0.5, 0.6) is 11.5 Å². The van der Waals surface area contributed by atoms with Crippen molar-refractivity contribution in [3.05, 3.63) is 58.5 Å². The van der Waals surface area contributed by atoms with Crippen LogP contribution >= 0.6 is 11.8 Å². The normalized spacial score (nSPS) is 15.2. The predicted molar refractivity (Wildman–Crippen MR) is 106 cm³/mol. The third kappa shape index (κ3) is 4.01. The minimum absolute atomic E-state index is 0.273. The van der Waals surface area contributed by atoms with Crippen molar-refractivity contribution < 1.29 is 29.0 Å². The Balaban J connectivity index is 1.88. The molecule has 0 unspecified atom stereocenters. The van der Waals surface area contributed by atoms with E-state index in [1.165, 1.54) is 7.11 Å². The summed E-state index contributed by atoms with van der Waals surface area (Å²) in [6.07, 6.45) is 1.59. The topological polar surface area (TPSA) is 93.1 Å². The number of carboxylic acid groups (broad SMARTS) is 1. The number of aryl methyl sites for hydroxylation is 1. The van der Waals surface area contributed by atoms with Crippen LogP contribution in [0.15, 0.2) is 47.4 Å². The van der Waals surface area contributed by atoms with Gasteiger partial charge in [-0.25, -0.2) is 9.69 Å².